The maximum absolute atomic E-state index is 12.7. The van der Waals surface area contributed by atoms with Gasteiger partial charge in [-0.2, -0.15) is 0 Å². The van der Waals surface area contributed by atoms with E-state index >= 15 is 0 Å². The lowest BCUT2D eigenvalue weighted by atomic mass is 10.0. The molecule has 2 aromatic carbocycles. The molecule has 3 nitrogen and oxygen atoms in total. The summed E-state index contributed by atoms with van der Waals surface area (Å²) in [7, 11) is -2.35. The summed E-state index contributed by atoms with van der Waals surface area (Å²) >= 11 is 0. The molecule has 4 heteroatoms. The third-order valence-electron chi connectivity index (χ3n) is 3.92. The lowest BCUT2D eigenvalue weighted by Gasteiger charge is -2.22. The van der Waals surface area contributed by atoms with E-state index in [-0.39, 0.29) is 6.04 Å². The Balaban J connectivity index is 1.87. The smallest absolute Gasteiger partial charge is 0.113 e. The zero-order valence-electron chi connectivity index (χ0n) is 13.1. The highest BCUT2D eigenvalue weighted by atomic mass is 31.2. The summed E-state index contributed by atoms with van der Waals surface area (Å²) in [4.78, 5) is 0. The van der Waals surface area contributed by atoms with Crippen LogP contribution in [-0.2, 0) is 4.57 Å². The van der Waals surface area contributed by atoms with E-state index in [9.17, 15) is 9.67 Å². The number of aliphatic hydroxyl groups is 1. The Labute approximate surface area is 132 Å². The zero-order chi connectivity index (χ0) is 16.0. The van der Waals surface area contributed by atoms with Crippen molar-refractivity contribution in [2.45, 2.75) is 19.1 Å². The SMILES string of the molecule is C[C@H](NCCP(C)(=O)c1ccccc1)[C@@H](O)c1ccccc1. The molecule has 1 unspecified atom stereocenters. The molecule has 2 N–H and O–H groups in total. The van der Waals surface area contributed by atoms with Crippen molar-refractivity contribution in [2.24, 2.45) is 0 Å². The number of benzene rings is 2. The highest BCUT2D eigenvalue weighted by Crippen LogP contribution is 2.38. The summed E-state index contributed by atoms with van der Waals surface area (Å²) in [5.74, 6) is 0. The molecule has 3 atom stereocenters. The lowest BCUT2D eigenvalue weighted by molar-refractivity contribution is 0.137. The normalized spacial score (nSPS) is 16.7. The van der Waals surface area contributed by atoms with Crippen LogP contribution in [0, 0.1) is 0 Å². The van der Waals surface area contributed by atoms with Crippen molar-refractivity contribution < 1.29 is 9.67 Å². The van der Waals surface area contributed by atoms with Crippen LogP contribution >= 0.6 is 7.14 Å². The van der Waals surface area contributed by atoms with E-state index in [4.69, 9.17) is 0 Å². The number of hydrogen-bond acceptors (Lipinski definition) is 3. The van der Waals surface area contributed by atoms with Crippen LogP contribution < -0.4 is 10.6 Å². The minimum absolute atomic E-state index is 0.0850. The molecule has 0 fully saturated rings. The van der Waals surface area contributed by atoms with Crippen LogP contribution in [0.5, 0.6) is 0 Å². The Kier molecular flexibility index (Phi) is 5.96. The summed E-state index contributed by atoms with van der Waals surface area (Å²) in [5, 5.41) is 14.5. The number of hydrogen-bond donors (Lipinski definition) is 2. The van der Waals surface area contributed by atoms with Crippen molar-refractivity contribution in [1.82, 2.24) is 5.32 Å². The molecule has 22 heavy (non-hydrogen) atoms. The average Bonchev–Trinajstić information content (AvgIpc) is 2.55. The van der Waals surface area contributed by atoms with Gasteiger partial charge in [-0.1, -0.05) is 60.7 Å². The van der Waals surface area contributed by atoms with Crippen molar-refractivity contribution in [3.8, 4) is 0 Å². The molecule has 0 aliphatic carbocycles. The predicted molar refractivity (Wildman–Crippen MR) is 93.3 cm³/mol. The van der Waals surface area contributed by atoms with Gasteiger partial charge < -0.3 is 15.0 Å². The van der Waals surface area contributed by atoms with Crippen molar-refractivity contribution in [1.29, 1.82) is 0 Å². The molecular weight excluding hydrogens is 293 g/mol. The largest absolute Gasteiger partial charge is 0.387 e. The van der Waals surface area contributed by atoms with Gasteiger partial charge in [-0.25, -0.2) is 0 Å². The lowest BCUT2D eigenvalue weighted by Crippen LogP contribution is -2.34. The first-order valence-corrected chi connectivity index (χ1v) is 9.93. The van der Waals surface area contributed by atoms with Gasteiger partial charge in [-0.3, -0.25) is 0 Å². The molecule has 0 aromatic heterocycles. The minimum Gasteiger partial charge on any atom is -0.387 e. The van der Waals surface area contributed by atoms with Crippen LogP contribution in [0.2, 0.25) is 0 Å². The van der Waals surface area contributed by atoms with E-state index in [1.165, 1.54) is 0 Å². The van der Waals surface area contributed by atoms with E-state index in [0.29, 0.717) is 12.7 Å². The molecule has 0 amide bonds. The molecule has 2 aromatic rings. The van der Waals surface area contributed by atoms with Crippen LogP contribution in [0.15, 0.2) is 60.7 Å². The number of nitrogens with one attached hydrogen (secondary N) is 1. The standard InChI is InChI=1S/C18H24NO2P/c1-15(18(20)16-9-5-3-6-10-16)19-13-14-22(2,21)17-11-7-4-8-12-17/h3-12,15,18-20H,13-14H2,1-2H3/t15-,18+,22?/m0/s1. The van der Waals surface area contributed by atoms with E-state index in [0.717, 1.165) is 10.9 Å². The van der Waals surface area contributed by atoms with Gasteiger partial charge in [-0.15, -0.1) is 0 Å². The van der Waals surface area contributed by atoms with Gasteiger partial charge in [0.15, 0.2) is 0 Å². The van der Waals surface area contributed by atoms with Crippen LogP contribution in [0.25, 0.3) is 0 Å². The molecule has 2 rings (SSSR count). The van der Waals surface area contributed by atoms with Crippen molar-refractivity contribution in [3.63, 3.8) is 0 Å². The topological polar surface area (TPSA) is 49.3 Å². The molecule has 0 saturated carbocycles. The summed E-state index contributed by atoms with van der Waals surface area (Å²) in [6.07, 6.45) is 0.0252. The molecule has 0 aliphatic heterocycles. The minimum atomic E-state index is -2.35. The van der Waals surface area contributed by atoms with E-state index in [2.05, 4.69) is 5.32 Å². The summed E-state index contributed by atoms with van der Waals surface area (Å²) in [6.45, 7) is 4.39. The molecule has 118 valence electrons. The Morgan fingerprint density at radius 3 is 2.18 bits per heavy atom. The van der Waals surface area contributed by atoms with Gasteiger partial charge >= 0.3 is 0 Å². The second kappa shape index (κ2) is 7.73. The van der Waals surface area contributed by atoms with Crippen LogP contribution in [-0.4, -0.2) is 30.5 Å². The Morgan fingerprint density at radius 1 is 1.05 bits per heavy atom. The van der Waals surface area contributed by atoms with Crippen molar-refractivity contribution in [3.05, 3.63) is 66.2 Å². The number of aliphatic hydroxyl groups excluding tert-OH is 1. The Hall–Kier alpha value is -1.41. The first-order valence-electron chi connectivity index (χ1n) is 7.59. The summed E-state index contributed by atoms with van der Waals surface area (Å²) < 4.78 is 12.7. The Bertz CT molecular complexity index is 615. The van der Waals surface area contributed by atoms with Gasteiger partial charge in [0.25, 0.3) is 0 Å². The predicted octanol–water partition coefficient (Wildman–Crippen LogP) is 3.02. The monoisotopic (exact) mass is 317 g/mol. The highest BCUT2D eigenvalue weighted by Gasteiger charge is 2.20. The first-order chi connectivity index (χ1) is 10.5. The van der Waals surface area contributed by atoms with E-state index in [1.54, 1.807) is 0 Å². The van der Waals surface area contributed by atoms with E-state index in [1.807, 2.05) is 74.3 Å². The van der Waals surface area contributed by atoms with Crippen LogP contribution in [0.4, 0.5) is 0 Å². The third-order valence-corrected chi connectivity index (χ3v) is 6.39. The maximum atomic E-state index is 12.7. The highest BCUT2D eigenvalue weighted by molar-refractivity contribution is 7.70. The fraction of sp³-hybridized carbons (Fsp3) is 0.333. The Morgan fingerprint density at radius 2 is 1.59 bits per heavy atom. The fourth-order valence-corrected chi connectivity index (χ4v) is 4.05. The van der Waals surface area contributed by atoms with Crippen molar-refractivity contribution >= 4 is 12.4 Å². The molecule has 0 spiro atoms. The first kappa shape index (κ1) is 17.0. The third kappa shape index (κ3) is 4.54. The van der Waals surface area contributed by atoms with Crippen LogP contribution in [0.1, 0.15) is 18.6 Å². The maximum Gasteiger partial charge on any atom is 0.113 e. The second-order valence-corrected chi connectivity index (χ2v) is 8.92. The summed E-state index contributed by atoms with van der Waals surface area (Å²) in [6, 6.07) is 19.1. The molecule has 0 radical (unpaired) electrons. The summed E-state index contributed by atoms with van der Waals surface area (Å²) in [5.41, 5.74) is 0.894. The van der Waals surface area contributed by atoms with Gasteiger partial charge in [0, 0.05) is 24.1 Å². The van der Waals surface area contributed by atoms with Crippen LogP contribution in [0.3, 0.4) is 0 Å². The second-order valence-electron chi connectivity index (χ2n) is 5.76. The van der Waals surface area contributed by atoms with Gasteiger partial charge in [0.2, 0.25) is 0 Å². The molecule has 0 saturated heterocycles. The van der Waals surface area contributed by atoms with E-state index < -0.39 is 13.2 Å². The molecule has 0 aliphatic rings. The molecular formula is C18H24NO2P. The average molecular weight is 317 g/mol. The van der Waals surface area contributed by atoms with Crippen molar-refractivity contribution in [2.75, 3.05) is 19.4 Å². The fourth-order valence-electron chi connectivity index (χ4n) is 2.43. The zero-order valence-corrected chi connectivity index (χ0v) is 14.0. The van der Waals surface area contributed by atoms with Gasteiger partial charge in [-0.05, 0) is 19.2 Å². The molecule has 0 heterocycles. The molecule has 0 bridgehead atoms. The quantitative estimate of drug-likeness (QED) is 0.772. The number of rotatable bonds is 7. The van der Waals surface area contributed by atoms with Gasteiger partial charge in [0.05, 0.1) is 6.10 Å². The van der Waals surface area contributed by atoms with Gasteiger partial charge in [0.1, 0.15) is 7.14 Å².